The molecule has 2 rings (SSSR count). The van der Waals surface area contributed by atoms with Crippen LogP contribution in [-0.4, -0.2) is 45.6 Å². The van der Waals surface area contributed by atoms with E-state index in [0.717, 1.165) is 0 Å². The molecule has 1 aromatic carbocycles. The van der Waals surface area contributed by atoms with Crippen molar-refractivity contribution >= 4 is 16.1 Å². The van der Waals surface area contributed by atoms with E-state index < -0.39 is 47.4 Å². The van der Waals surface area contributed by atoms with Gasteiger partial charge in [0.1, 0.15) is 12.7 Å². The Balaban J connectivity index is 1.91. The molecule has 2 atom stereocenters. The fourth-order valence-electron chi connectivity index (χ4n) is 1.90. The Bertz CT molecular complexity index is 631. The van der Waals surface area contributed by atoms with E-state index in [2.05, 4.69) is 4.18 Å². The first-order valence-electron chi connectivity index (χ1n) is 6.31. The van der Waals surface area contributed by atoms with Crippen LogP contribution in [0.4, 0.5) is 8.78 Å². The monoisotopic (exact) mass is 336 g/mol. The van der Waals surface area contributed by atoms with Crippen LogP contribution in [0.5, 0.6) is 0 Å². The van der Waals surface area contributed by atoms with Crippen molar-refractivity contribution in [3.63, 3.8) is 0 Å². The summed E-state index contributed by atoms with van der Waals surface area (Å²) < 4.78 is 62.9. The highest BCUT2D eigenvalue weighted by molar-refractivity contribution is 7.86. The number of halogens is 2. The van der Waals surface area contributed by atoms with Crippen LogP contribution in [0.3, 0.4) is 0 Å². The fourth-order valence-corrected chi connectivity index (χ4v) is 2.40. The summed E-state index contributed by atoms with van der Waals surface area (Å²) in [5.74, 6) is -4.16. The molecule has 0 saturated carbocycles. The number of hydrogen-bond acceptors (Lipinski definition) is 6. The van der Waals surface area contributed by atoms with Crippen LogP contribution in [0.15, 0.2) is 30.3 Å². The maximum atomic E-state index is 13.6. The second-order valence-corrected chi connectivity index (χ2v) is 6.42. The molecule has 1 fully saturated rings. The first-order chi connectivity index (χ1) is 10.2. The van der Waals surface area contributed by atoms with Gasteiger partial charge in [-0.2, -0.15) is 8.42 Å². The molecule has 0 bridgehead atoms. The first-order valence-corrected chi connectivity index (χ1v) is 8.13. The number of benzene rings is 1. The van der Waals surface area contributed by atoms with Crippen LogP contribution in [-0.2, 0) is 23.8 Å². The van der Waals surface area contributed by atoms with Crippen LogP contribution in [0, 0.1) is 0 Å². The van der Waals surface area contributed by atoms with Gasteiger partial charge in [-0.25, -0.2) is 17.8 Å². The van der Waals surface area contributed by atoms with Crippen molar-refractivity contribution in [3.05, 3.63) is 35.9 Å². The van der Waals surface area contributed by atoms with E-state index >= 15 is 0 Å². The lowest BCUT2D eigenvalue weighted by molar-refractivity contribution is -0.171. The van der Waals surface area contributed by atoms with Crippen molar-refractivity contribution in [2.45, 2.75) is 24.7 Å². The summed E-state index contributed by atoms with van der Waals surface area (Å²) in [6.07, 6.45) is -3.50. The van der Waals surface area contributed by atoms with Gasteiger partial charge in [0.15, 0.2) is 0 Å². The van der Waals surface area contributed by atoms with Crippen molar-refractivity contribution in [1.29, 1.82) is 0 Å². The summed E-state index contributed by atoms with van der Waals surface area (Å²) in [6.45, 7) is -0.424. The Labute approximate surface area is 126 Å². The maximum absolute atomic E-state index is 13.6. The zero-order chi connectivity index (χ0) is 16.4. The Kier molecular flexibility index (Phi) is 4.78. The second-order valence-electron chi connectivity index (χ2n) is 4.82. The molecule has 1 saturated heterocycles. The summed E-state index contributed by atoms with van der Waals surface area (Å²) >= 11 is 0. The van der Waals surface area contributed by atoms with Crippen LogP contribution in [0.25, 0.3) is 0 Å². The quantitative estimate of drug-likeness (QED) is 0.600. The largest absolute Gasteiger partial charge is 0.459 e. The van der Waals surface area contributed by atoms with Gasteiger partial charge in [0, 0.05) is 6.42 Å². The number of esters is 1. The molecule has 0 amide bonds. The van der Waals surface area contributed by atoms with Gasteiger partial charge in [0.2, 0.25) is 6.29 Å². The summed E-state index contributed by atoms with van der Waals surface area (Å²) in [5, 5.41) is 0. The molecule has 1 aliphatic rings. The molecular weight excluding hydrogens is 322 g/mol. The average molecular weight is 336 g/mol. The lowest BCUT2D eigenvalue weighted by Gasteiger charge is -2.16. The van der Waals surface area contributed by atoms with Gasteiger partial charge < -0.3 is 9.47 Å². The van der Waals surface area contributed by atoms with E-state index in [4.69, 9.17) is 9.47 Å². The third-order valence-corrected chi connectivity index (χ3v) is 3.36. The zero-order valence-electron chi connectivity index (χ0n) is 11.6. The highest BCUT2D eigenvalue weighted by Crippen LogP contribution is 2.37. The van der Waals surface area contributed by atoms with Gasteiger partial charge >= 0.3 is 11.9 Å². The van der Waals surface area contributed by atoms with Crippen molar-refractivity contribution in [2.24, 2.45) is 0 Å². The SMILES string of the molecule is CS(=O)(=O)OC1O[C@H](COC(=O)c2ccccc2)CC1(F)F. The number of ether oxygens (including phenoxy) is 2. The van der Waals surface area contributed by atoms with Gasteiger partial charge in [0.05, 0.1) is 11.8 Å². The minimum atomic E-state index is -4.09. The van der Waals surface area contributed by atoms with E-state index in [0.29, 0.717) is 6.26 Å². The lowest BCUT2D eigenvalue weighted by Crippen LogP contribution is -2.32. The summed E-state index contributed by atoms with van der Waals surface area (Å²) in [4.78, 5) is 11.7. The predicted molar refractivity (Wildman–Crippen MR) is 70.9 cm³/mol. The summed E-state index contributed by atoms with van der Waals surface area (Å²) in [7, 11) is -4.09. The number of carbonyl (C=O) groups excluding carboxylic acids is 1. The molecule has 0 N–H and O–H groups in total. The molecule has 0 spiro atoms. The molecule has 0 radical (unpaired) electrons. The molecule has 122 valence electrons. The topological polar surface area (TPSA) is 78.9 Å². The fraction of sp³-hybridized carbons (Fsp3) is 0.462. The van der Waals surface area contributed by atoms with Crippen LogP contribution < -0.4 is 0 Å². The molecule has 9 heteroatoms. The normalized spacial score (nSPS) is 24.1. The molecule has 22 heavy (non-hydrogen) atoms. The molecule has 1 aliphatic heterocycles. The van der Waals surface area contributed by atoms with Crippen molar-refractivity contribution in [2.75, 3.05) is 12.9 Å². The van der Waals surface area contributed by atoms with Gasteiger partial charge in [-0.1, -0.05) is 18.2 Å². The average Bonchev–Trinajstić information content (AvgIpc) is 2.70. The second kappa shape index (κ2) is 6.27. The summed E-state index contributed by atoms with van der Waals surface area (Å²) in [5.41, 5.74) is 0.274. The minimum Gasteiger partial charge on any atom is -0.459 e. The van der Waals surface area contributed by atoms with E-state index in [1.165, 1.54) is 12.1 Å². The number of carbonyl (C=O) groups is 1. The highest BCUT2D eigenvalue weighted by Gasteiger charge is 2.53. The van der Waals surface area contributed by atoms with Gasteiger partial charge in [-0.3, -0.25) is 0 Å². The van der Waals surface area contributed by atoms with Gasteiger partial charge in [-0.05, 0) is 12.1 Å². The predicted octanol–water partition coefficient (Wildman–Crippen LogP) is 1.57. The summed E-state index contributed by atoms with van der Waals surface area (Å²) in [6, 6.07) is 8.01. The van der Waals surface area contributed by atoms with Gasteiger partial charge in [-0.15, -0.1) is 0 Å². The van der Waals surface area contributed by atoms with E-state index in [-0.39, 0.29) is 5.56 Å². The van der Waals surface area contributed by atoms with E-state index in [1.807, 2.05) is 0 Å². The van der Waals surface area contributed by atoms with Crippen LogP contribution >= 0.6 is 0 Å². The molecular formula is C13H14F2O6S. The molecule has 6 nitrogen and oxygen atoms in total. The molecule has 0 aliphatic carbocycles. The molecule has 1 heterocycles. The maximum Gasteiger partial charge on any atom is 0.338 e. The van der Waals surface area contributed by atoms with Gasteiger partial charge in [0.25, 0.3) is 10.1 Å². The van der Waals surface area contributed by atoms with Crippen LogP contribution in [0.2, 0.25) is 0 Å². The Morgan fingerprint density at radius 2 is 2.00 bits per heavy atom. The minimum absolute atomic E-state index is 0.274. The standard InChI is InChI=1S/C13H14F2O6S/c1-22(17,18)21-12-13(14,15)7-10(20-12)8-19-11(16)9-5-3-2-4-6-9/h2-6,10,12H,7-8H2,1H3/t10-,12?/m0/s1. The Morgan fingerprint density at radius 1 is 1.36 bits per heavy atom. The molecule has 0 aromatic heterocycles. The smallest absolute Gasteiger partial charge is 0.338 e. The number of hydrogen-bond donors (Lipinski definition) is 0. The molecule has 1 unspecified atom stereocenters. The zero-order valence-corrected chi connectivity index (χ0v) is 12.4. The Morgan fingerprint density at radius 3 is 2.59 bits per heavy atom. The number of rotatable bonds is 5. The van der Waals surface area contributed by atoms with E-state index in [9.17, 15) is 22.0 Å². The third kappa shape index (κ3) is 4.46. The Hall–Kier alpha value is -1.58. The van der Waals surface area contributed by atoms with E-state index in [1.54, 1.807) is 18.2 Å². The van der Waals surface area contributed by atoms with Crippen molar-refractivity contribution in [1.82, 2.24) is 0 Å². The van der Waals surface area contributed by atoms with Crippen molar-refractivity contribution < 1.29 is 35.6 Å². The number of alkyl halides is 2. The highest BCUT2D eigenvalue weighted by atomic mass is 32.2. The lowest BCUT2D eigenvalue weighted by atomic mass is 10.2. The first kappa shape index (κ1) is 16.8. The van der Waals surface area contributed by atoms with Crippen molar-refractivity contribution in [3.8, 4) is 0 Å². The third-order valence-electron chi connectivity index (χ3n) is 2.83. The van der Waals surface area contributed by atoms with Crippen LogP contribution in [0.1, 0.15) is 16.8 Å². The molecule has 1 aromatic rings.